The summed E-state index contributed by atoms with van der Waals surface area (Å²) in [6.07, 6.45) is 1.87. The van der Waals surface area contributed by atoms with Crippen LogP contribution in [0.1, 0.15) is 29.3 Å². The second-order valence-electron chi connectivity index (χ2n) is 6.58. The van der Waals surface area contributed by atoms with Crippen molar-refractivity contribution < 1.29 is 14.3 Å². The van der Waals surface area contributed by atoms with E-state index in [0.29, 0.717) is 18.7 Å². The van der Waals surface area contributed by atoms with Gasteiger partial charge in [0.2, 0.25) is 0 Å². The van der Waals surface area contributed by atoms with Crippen LogP contribution in [0.2, 0.25) is 0 Å². The number of carbonyl (C=O) groups is 1. The van der Waals surface area contributed by atoms with Gasteiger partial charge in [-0.2, -0.15) is 0 Å². The lowest BCUT2D eigenvalue weighted by Gasteiger charge is -2.28. The van der Waals surface area contributed by atoms with Crippen LogP contribution in [-0.2, 0) is 11.2 Å². The highest BCUT2D eigenvalue weighted by Gasteiger charge is 2.10. The van der Waals surface area contributed by atoms with Crippen molar-refractivity contribution in [2.24, 2.45) is 0 Å². The summed E-state index contributed by atoms with van der Waals surface area (Å²) >= 11 is 0. The first-order valence-corrected chi connectivity index (χ1v) is 9.69. The number of carbonyl (C=O) groups excluding carboxylic acids is 1. The average Bonchev–Trinajstić information content (AvgIpc) is 2.73. The maximum Gasteiger partial charge on any atom is 0.251 e. The minimum Gasteiger partial charge on any atom is -0.494 e. The van der Waals surface area contributed by atoms with E-state index in [-0.39, 0.29) is 5.91 Å². The molecule has 0 unspecified atom stereocenters. The monoisotopic (exact) mass is 368 g/mol. The van der Waals surface area contributed by atoms with Gasteiger partial charge in [0.05, 0.1) is 19.8 Å². The quantitative estimate of drug-likeness (QED) is 0.727. The Morgan fingerprint density at radius 1 is 1.07 bits per heavy atom. The fraction of sp³-hybridized carbons (Fsp3) is 0.409. The summed E-state index contributed by atoms with van der Waals surface area (Å²) < 4.78 is 10.8. The van der Waals surface area contributed by atoms with E-state index in [1.807, 2.05) is 19.1 Å². The number of ether oxygens (including phenoxy) is 2. The highest BCUT2D eigenvalue weighted by atomic mass is 16.5. The number of rotatable bonds is 8. The molecule has 1 heterocycles. The standard InChI is InChI=1S/C22H28N2O3/c1-2-27-21-11-7-19(8-12-21)22(25)23-13-3-4-18-5-9-20(10-6-18)24-14-16-26-17-15-24/h5-12H,2-4,13-17H2,1H3,(H,23,25). The molecule has 0 radical (unpaired) electrons. The summed E-state index contributed by atoms with van der Waals surface area (Å²) in [7, 11) is 0. The number of hydrogen-bond acceptors (Lipinski definition) is 4. The van der Waals surface area contributed by atoms with E-state index < -0.39 is 0 Å². The summed E-state index contributed by atoms with van der Waals surface area (Å²) in [5.74, 6) is 0.746. The summed E-state index contributed by atoms with van der Waals surface area (Å²) in [6.45, 7) is 6.74. The predicted octanol–water partition coefficient (Wildman–Crippen LogP) is 3.28. The third-order valence-electron chi connectivity index (χ3n) is 4.67. The topological polar surface area (TPSA) is 50.8 Å². The van der Waals surface area contributed by atoms with Crippen LogP contribution in [0.5, 0.6) is 5.75 Å². The van der Waals surface area contributed by atoms with Gasteiger partial charge in [0.1, 0.15) is 5.75 Å². The number of aryl methyl sites for hydroxylation is 1. The molecule has 1 N–H and O–H groups in total. The normalized spacial score (nSPS) is 14.0. The SMILES string of the molecule is CCOc1ccc(C(=O)NCCCc2ccc(N3CCOCC3)cc2)cc1. The van der Waals surface area contributed by atoms with Crippen LogP contribution in [-0.4, -0.2) is 45.4 Å². The van der Waals surface area contributed by atoms with Crippen molar-refractivity contribution in [1.82, 2.24) is 5.32 Å². The zero-order chi connectivity index (χ0) is 18.9. The Kier molecular flexibility index (Phi) is 7.11. The van der Waals surface area contributed by atoms with E-state index in [1.54, 1.807) is 12.1 Å². The fourth-order valence-electron chi connectivity index (χ4n) is 3.16. The van der Waals surface area contributed by atoms with Crippen molar-refractivity contribution >= 4 is 11.6 Å². The van der Waals surface area contributed by atoms with Crippen LogP contribution in [0.25, 0.3) is 0 Å². The van der Waals surface area contributed by atoms with Crippen LogP contribution in [0.15, 0.2) is 48.5 Å². The van der Waals surface area contributed by atoms with Gasteiger partial charge in [-0.3, -0.25) is 4.79 Å². The molecule has 0 bridgehead atoms. The summed E-state index contributed by atoms with van der Waals surface area (Å²) in [5, 5.41) is 2.98. The molecule has 0 aromatic heterocycles. The van der Waals surface area contributed by atoms with Gasteiger partial charge in [-0.05, 0) is 61.7 Å². The minimum atomic E-state index is -0.0410. The summed E-state index contributed by atoms with van der Waals surface area (Å²) in [4.78, 5) is 14.5. The molecule has 0 spiro atoms. The predicted molar refractivity (Wildman–Crippen MR) is 108 cm³/mol. The molecule has 27 heavy (non-hydrogen) atoms. The summed E-state index contributed by atoms with van der Waals surface area (Å²) in [6, 6.07) is 16.0. The second kappa shape index (κ2) is 9.97. The third-order valence-corrected chi connectivity index (χ3v) is 4.67. The Morgan fingerprint density at radius 3 is 2.44 bits per heavy atom. The summed E-state index contributed by atoms with van der Waals surface area (Å²) in [5.41, 5.74) is 3.21. The molecule has 1 amide bonds. The van der Waals surface area contributed by atoms with E-state index in [4.69, 9.17) is 9.47 Å². The van der Waals surface area contributed by atoms with Crippen LogP contribution in [0, 0.1) is 0 Å². The van der Waals surface area contributed by atoms with Gasteiger partial charge in [-0.15, -0.1) is 0 Å². The third kappa shape index (κ3) is 5.73. The molecule has 0 atom stereocenters. The minimum absolute atomic E-state index is 0.0410. The second-order valence-corrected chi connectivity index (χ2v) is 6.58. The molecule has 2 aromatic carbocycles. The smallest absolute Gasteiger partial charge is 0.251 e. The first-order valence-electron chi connectivity index (χ1n) is 9.69. The Morgan fingerprint density at radius 2 is 1.78 bits per heavy atom. The number of amides is 1. The maximum atomic E-state index is 12.2. The highest BCUT2D eigenvalue weighted by molar-refractivity contribution is 5.94. The van der Waals surface area contributed by atoms with Gasteiger partial charge in [0.25, 0.3) is 5.91 Å². The van der Waals surface area contributed by atoms with Gasteiger partial charge >= 0.3 is 0 Å². The zero-order valence-electron chi connectivity index (χ0n) is 15.9. The van der Waals surface area contributed by atoms with E-state index in [2.05, 4.69) is 34.5 Å². The van der Waals surface area contributed by atoms with Gasteiger partial charge in [-0.1, -0.05) is 12.1 Å². The van der Waals surface area contributed by atoms with Gasteiger partial charge in [0, 0.05) is 30.9 Å². The van der Waals surface area contributed by atoms with Crippen molar-refractivity contribution in [3.63, 3.8) is 0 Å². The van der Waals surface area contributed by atoms with Crippen LogP contribution in [0.3, 0.4) is 0 Å². The average molecular weight is 368 g/mol. The van der Waals surface area contributed by atoms with E-state index >= 15 is 0 Å². The molecule has 5 heteroatoms. The van der Waals surface area contributed by atoms with Crippen LogP contribution >= 0.6 is 0 Å². The Labute approximate surface area is 161 Å². The number of morpholine rings is 1. The van der Waals surface area contributed by atoms with Crippen LogP contribution in [0.4, 0.5) is 5.69 Å². The van der Waals surface area contributed by atoms with E-state index in [0.717, 1.165) is 44.9 Å². The molecular formula is C22H28N2O3. The molecule has 2 aromatic rings. The number of anilines is 1. The van der Waals surface area contributed by atoms with Gasteiger partial charge < -0.3 is 19.7 Å². The molecule has 144 valence electrons. The molecule has 1 saturated heterocycles. The highest BCUT2D eigenvalue weighted by Crippen LogP contribution is 2.17. The first kappa shape index (κ1) is 19.2. The molecule has 5 nitrogen and oxygen atoms in total. The fourth-order valence-corrected chi connectivity index (χ4v) is 3.16. The van der Waals surface area contributed by atoms with Crippen molar-refractivity contribution in [3.05, 3.63) is 59.7 Å². The van der Waals surface area contributed by atoms with Crippen molar-refractivity contribution in [3.8, 4) is 5.75 Å². The number of nitrogens with one attached hydrogen (secondary N) is 1. The van der Waals surface area contributed by atoms with Crippen molar-refractivity contribution in [1.29, 1.82) is 0 Å². The Hall–Kier alpha value is -2.53. The molecule has 1 fully saturated rings. The maximum absolute atomic E-state index is 12.2. The number of nitrogens with zero attached hydrogens (tertiary/aromatic N) is 1. The van der Waals surface area contributed by atoms with Gasteiger partial charge in [-0.25, -0.2) is 0 Å². The Bertz CT molecular complexity index is 707. The number of benzene rings is 2. The first-order chi connectivity index (χ1) is 13.3. The lowest BCUT2D eigenvalue weighted by Crippen LogP contribution is -2.36. The number of hydrogen-bond donors (Lipinski definition) is 1. The molecular weight excluding hydrogens is 340 g/mol. The molecule has 1 aliphatic rings. The molecule has 3 rings (SSSR count). The molecule has 0 aliphatic carbocycles. The molecule has 1 aliphatic heterocycles. The lowest BCUT2D eigenvalue weighted by molar-refractivity contribution is 0.0953. The van der Waals surface area contributed by atoms with E-state index in [9.17, 15) is 4.79 Å². The van der Waals surface area contributed by atoms with Gasteiger partial charge in [0.15, 0.2) is 0 Å². The van der Waals surface area contributed by atoms with E-state index in [1.165, 1.54) is 11.3 Å². The largest absolute Gasteiger partial charge is 0.494 e. The molecule has 0 saturated carbocycles. The lowest BCUT2D eigenvalue weighted by atomic mass is 10.1. The van der Waals surface area contributed by atoms with Crippen molar-refractivity contribution in [2.45, 2.75) is 19.8 Å². The van der Waals surface area contributed by atoms with Crippen molar-refractivity contribution in [2.75, 3.05) is 44.4 Å². The zero-order valence-corrected chi connectivity index (χ0v) is 15.9. The Balaban J connectivity index is 1.39. The van der Waals surface area contributed by atoms with Crippen LogP contribution < -0.4 is 15.0 Å².